The number of nitrogens with zero attached hydrogens (tertiary/aromatic N) is 1. The van der Waals surface area contributed by atoms with E-state index in [1.54, 1.807) is 6.20 Å². The molecular formula is C10H15N3. The molecule has 0 saturated heterocycles. The van der Waals surface area contributed by atoms with E-state index >= 15 is 0 Å². The maximum atomic E-state index is 8.76. The lowest BCUT2D eigenvalue weighted by Gasteiger charge is -1.99. The van der Waals surface area contributed by atoms with E-state index in [1.165, 1.54) is 12.8 Å². The van der Waals surface area contributed by atoms with Crippen LogP contribution in [0.4, 0.5) is 5.82 Å². The zero-order chi connectivity index (χ0) is 9.68. The summed E-state index contributed by atoms with van der Waals surface area (Å²) in [6.45, 7) is 2.16. The van der Waals surface area contributed by atoms with Crippen LogP contribution in [0.3, 0.4) is 0 Å². The first kappa shape index (κ1) is 9.66. The summed E-state index contributed by atoms with van der Waals surface area (Å²) in [5, 5.41) is 8.76. The van der Waals surface area contributed by atoms with Gasteiger partial charge in [0.05, 0.1) is 5.56 Å². The Balaban J connectivity index is 2.64. The number of nitrogens with one attached hydrogen (secondary N) is 1. The Bertz CT molecular complexity index is 306. The number of aromatic nitrogens is 1. The fraction of sp³-hybridized carbons (Fsp3) is 0.500. The monoisotopic (exact) mass is 177 g/mol. The number of nitrogens with two attached hydrogens (primary N) is 1. The van der Waals surface area contributed by atoms with Crippen molar-refractivity contribution >= 4 is 5.82 Å². The van der Waals surface area contributed by atoms with Crippen LogP contribution in [-0.2, 0) is 6.42 Å². The number of anilines is 1. The van der Waals surface area contributed by atoms with Crippen molar-refractivity contribution in [3.8, 4) is 6.07 Å². The molecule has 0 unspecified atom stereocenters. The molecular weight excluding hydrogens is 162 g/mol. The molecule has 0 aromatic carbocycles. The normalized spacial score (nSPS) is 9.85. The van der Waals surface area contributed by atoms with Crippen molar-refractivity contribution in [1.29, 1.82) is 5.26 Å². The van der Waals surface area contributed by atoms with Crippen molar-refractivity contribution < 1.29 is 0 Å². The quantitative estimate of drug-likeness (QED) is 0.692. The summed E-state index contributed by atoms with van der Waals surface area (Å²) in [6, 6.07) is 2.13. The van der Waals surface area contributed by atoms with Crippen LogP contribution in [-0.4, -0.2) is 4.98 Å². The Morgan fingerprint density at radius 2 is 2.31 bits per heavy atom. The van der Waals surface area contributed by atoms with Crippen molar-refractivity contribution in [2.75, 3.05) is 5.73 Å². The number of nitriles is 1. The Kier molecular flexibility index (Phi) is 3.39. The molecule has 3 N–H and O–H groups in total. The molecule has 1 aromatic heterocycles. The van der Waals surface area contributed by atoms with Crippen molar-refractivity contribution in [2.45, 2.75) is 32.6 Å². The number of nitrogen functional groups attached to an aromatic ring is 1. The van der Waals surface area contributed by atoms with Gasteiger partial charge in [0.25, 0.3) is 0 Å². The second-order valence-electron chi connectivity index (χ2n) is 3.16. The molecule has 13 heavy (non-hydrogen) atoms. The molecule has 0 aliphatic heterocycles. The molecule has 1 rings (SSSR count). The van der Waals surface area contributed by atoms with Gasteiger partial charge in [-0.3, -0.25) is 0 Å². The van der Waals surface area contributed by atoms with Crippen LogP contribution in [0.1, 0.15) is 37.3 Å². The molecule has 0 fully saturated rings. The van der Waals surface area contributed by atoms with Gasteiger partial charge in [-0.2, -0.15) is 5.26 Å². The lowest BCUT2D eigenvalue weighted by molar-refractivity contribution is 0.718. The molecule has 0 amide bonds. The number of aromatic amines is 1. The summed E-state index contributed by atoms with van der Waals surface area (Å²) in [5.41, 5.74) is 7.36. The zero-order valence-electron chi connectivity index (χ0n) is 7.93. The predicted octanol–water partition coefficient (Wildman–Crippen LogP) is 2.20. The highest BCUT2D eigenvalue weighted by Gasteiger charge is 2.07. The smallest absolute Gasteiger partial charge is 0.105 e. The molecule has 3 nitrogen and oxygen atoms in total. The van der Waals surface area contributed by atoms with E-state index in [-0.39, 0.29) is 0 Å². The van der Waals surface area contributed by atoms with Crippen LogP contribution in [0, 0.1) is 11.3 Å². The van der Waals surface area contributed by atoms with Gasteiger partial charge in [-0.15, -0.1) is 0 Å². The largest absolute Gasteiger partial charge is 0.385 e. The van der Waals surface area contributed by atoms with Gasteiger partial charge in [0.15, 0.2) is 0 Å². The van der Waals surface area contributed by atoms with Gasteiger partial charge in [0, 0.05) is 11.8 Å². The molecule has 0 aliphatic rings. The molecule has 0 bridgehead atoms. The van der Waals surface area contributed by atoms with E-state index < -0.39 is 0 Å². The third kappa shape index (κ3) is 2.25. The fourth-order valence-corrected chi connectivity index (χ4v) is 1.39. The van der Waals surface area contributed by atoms with Gasteiger partial charge < -0.3 is 10.7 Å². The minimum Gasteiger partial charge on any atom is -0.385 e. The number of hydrogen-bond acceptors (Lipinski definition) is 2. The number of hydrogen-bond donors (Lipinski definition) is 2. The number of unbranched alkanes of at least 4 members (excludes halogenated alkanes) is 2. The van der Waals surface area contributed by atoms with Gasteiger partial charge in [-0.1, -0.05) is 19.8 Å². The predicted molar refractivity (Wildman–Crippen MR) is 53.1 cm³/mol. The Labute approximate surface area is 78.6 Å². The molecule has 0 radical (unpaired) electrons. The fourth-order valence-electron chi connectivity index (χ4n) is 1.39. The van der Waals surface area contributed by atoms with Crippen LogP contribution in [0.15, 0.2) is 6.20 Å². The third-order valence-corrected chi connectivity index (χ3v) is 2.17. The van der Waals surface area contributed by atoms with Crippen LogP contribution in [0.25, 0.3) is 0 Å². The summed E-state index contributed by atoms with van der Waals surface area (Å²) in [6.07, 6.45) is 6.07. The van der Waals surface area contributed by atoms with Crippen molar-refractivity contribution in [1.82, 2.24) is 4.98 Å². The van der Waals surface area contributed by atoms with Crippen molar-refractivity contribution in [3.05, 3.63) is 17.3 Å². The van der Waals surface area contributed by atoms with Crippen LogP contribution in [0.2, 0.25) is 0 Å². The first-order valence-electron chi connectivity index (χ1n) is 4.65. The topological polar surface area (TPSA) is 65.6 Å². The van der Waals surface area contributed by atoms with Gasteiger partial charge in [-0.05, 0) is 12.8 Å². The second kappa shape index (κ2) is 4.56. The van der Waals surface area contributed by atoms with E-state index in [0.717, 1.165) is 18.4 Å². The Morgan fingerprint density at radius 3 is 2.92 bits per heavy atom. The van der Waals surface area contributed by atoms with E-state index in [4.69, 9.17) is 11.0 Å². The van der Waals surface area contributed by atoms with Crippen molar-refractivity contribution in [3.63, 3.8) is 0 Å². The van der Waals surface area contributed by atoms with Crippen molar-refractivity contribution in [2.24, 2.45) is 0 Å². The average Bonchev–Trinajstić information content (AvgIpc) is 2.48. The maximum absolute atomic E-state index is 8.76. The lowest BCUT2D eigenvalue weighted by Crippen LogP contribution is -1.93. The van der Waals surface area contributed by atoms with Gasteiger partial charge >= 0.3 is 0 Å². The van der Waals surface area contributed by atoms with E-state index in [1.807, 2.05) is 0 Å². The van der Waals surface area contributed by atoms with Gasteiger partial charge in [-0.25, -0.2) is 0 Å². The maximum Gasteiger partial charge on any atom is 0.105 e. The minimum absolute atomic E-state index is 0.646. The summed E-state index contributed by atoms with van der Waals surface area (Å²) < 4.78 is 0. The summed E-state index contributed by atoms with van der Waals surface area (Å²) in [4.78, 5) is 2.87. The standard InChI is InChI=1S/C10H15N3/c1-2-3-4-5-9-8(6-11)7-13-10(9)12/h7,13H,2-5,12H2,1H3. The van der Waals surface area contributed by atoms with Crippen LogP contribution in [0.5, 0.6) is 0 Å². The highest BCUT2D eigenvalue weighted by atomic mass is 14.8. The average molecular weight is 177 g/mol. The number of rotatable bonds is 4. The van der Waals surface area contributed by atoms with E-state index in [9.17, 15) is 0 Å². The molecule has 3 heteroatoms. The molecule has 70 valence electrons. The summed E-state index contributed by atoms with van der Waals surface area (Å²) in [5.74, 6) is 0.646. The van der Waals surface area contributed by atoms with Crippen LogP contribution >= 0.6 is 0 Å². The minimum atomic E-state index is 0.646. The first-order valence-corrected chi connectivity index (χ1v) is 4.65. The third-order valence-electron chi connectivity index (χ3n) is 2.17. The number of H-pyrrole nitrogens is 1. The van der Waals surface area contributed by atoms with Gasteiger partial charge in [0.1, 0.15) is 11.9 Å². The molecule has 1 heterocycles. The van der Waals surface area contributed by atoms with Gasteiger partial charge in [0.2, 0.25) is 0 Å². The zero-order valence-corrected chi connectivity index (χ0v) is 7.93. The Morgan fingerprint density at radius 1 is 1.54 bits per heavy atom. The van der Waals surface area contributed by atoms with E-state index in [2.05, 4.69) is 18.0 Å². The molecule has 0 atom stereocenters. The highest BCUT2D eigenvalue weighted by molar-refractivity contribution is 5.51. The first-order chi connectivity index (χ1) is 6.29. The molecule has 0 saturated carbocycles. The summed E-state index contributed by atoms with van der Waals surface area (Å²) in [7, 11) is 0. The molecule has 0 spiro atoms. The SMILES string of the molecule is CCCCCc1c(C#N)c[nH]c1N. The highest BCUT2D eigenvalue weighted by Crippen LogP contribution is 2.18. The van der Waals surface area contributed by atoms with E-state index in [0.29, 0.717) is 11.4 Å². The Hall–Kier alpha value is -1.43. The van der Waals surface area contributed by atoms with Crippen LogP contribution < -0.4 is 5.73 Å². The second-order valence-corrected chi connectivity index (χ2v) is 3.16. The molecule has 1 aromatic rings. The molecule has 0 aliphatic carbocycles. The lowest BCUT2D eigenvalue weighted by atomic mass is 10.1. The summed E-state index contributed by atoms with van der Waals surface area (Å²) >= 11 is 0.